The summed E-state index contributed by atoms with van der Waals surface area (Å²) in [6.45, 7) is 3.19. The van der Waals surface area contributed by atoms with E-state index in [0.717, 1.165) is 12.5 Å². The number of rotatable bonds is 5. The van der Waals surface area contributed by atoms with Crippen LogP contribution in [0.25, 0.3) is 0 Å². The molecule has 3 heteroatoms. The van der Waals surface area contributed by atoms with Crippen LogP contribution >= 0.6 is 0 Å². The minimum Gasteiger partial charge on any atom is -0.375 e. The molecule has 0 bridgehead atoms. The Morgan fingerprint density at radius 1 is 1.41 bits per heavy atom. The van der Waals surface area contributed by atoms with E-state index in [4.69, 9.17) is 10.6 Å². The summed E-state index contributed by atoms with van der Waals surface area (Å²) in [4.78, 5) is 0. The molecule has 2 atom stereocenters. The van der Waals surface area contributed by atoms with Gasteiger partial charge in [0.05, 0.1) is 5.60 Å². The van der Waals surface area contributed by atoms with E-state index >= 15 is 0 Å². The Morgan fingerprint density at radius 3 is 2.82 bits per heavy atom. The lowest BCUT2D eigenvalue weighted by Gasteiger charge is -2.41. The van der Waals surface area contributed by atoms with Crippen LogP contribution in [0, 0.1) is 5.92 Å². The highest BCUT2D eigenvalue weighted by Gasteiger charge is 2.41. The molecule has 1 saturated carbocycles. The quantitative estimate of drug-likeness (QED) is 0.574. The van der Waals surface area contributed by atoms with Gasteiger partial charge in [-0.05, 0) is 38.0 Å². The van der Waals surface area contributed by atoms with Crippen molar-refractivity contribution in [1.82, 2.24) is 5.43 Å². The highest BCUT2D eigenvalue weighted by molar-refractivity contribution is 4.93. The van der Waals surface area contributed by atoms with E-state index in [2.05, 4.69) is 12.3 Å². The molecule has 0 amide bonds. The van der Waals surface area contributed by atoms with E-state index in [-0.39, 0.29) is 5.60 Å². The van der Waals surface area contributed by atoms with Crippen LogP contribution in [0.5, 0.6) is 0 Å². The van der Waals surface area contributed by atoms with Crippen LogP contribution < -0.4 is 11.3 Å². The third kappa shape index (κ3) is 3.21. The highest BCUT2D eigenvalue weighted by atomic mass is 16.5. The monoisotopic (exact) mass is 240 g/mol. The van der Waals surface area contributed by atoms with Gasteiger partial charge in [0, 0.05) is 12.6 Å². The minimum absolute atomic E-state index is 0.226. The molecule has 2 unspecified atom stereocenters. The summed E-state index contributed by atoms with van der Waals surface area (Å²) in [6, 6.07) is 0.497. The molecule has 2 fully saturated rings. The summed E-state index contributed by atoms with van der Waals surface area (Å²) < 4.78 is 6.09. The van der Waals surface area contributed by atoms with Crippen molar-refractivity contribution < 1.29 is 4.74 Å². The van der Waals surface area contributed by atoms with E-state index in [1.165, 1.54) is 57.8 Å². The van der Waals surface area contributed by atoms with Gasteiger partial charge in [-0.2, -0.15) is 0 Å². The van der Waals surface area contributed by atoms with Crippen LogP contribution in [0.4, 0.5) is 0 Å². The molecule has 0 radical (unpaired) electrons. The molecular formula is C14H28N2O. The number of hydrogen-bond donors (Lipinski definition) is 2. The molecule has 100 valence electrons. The fourth-order valence-corrected chi connectivity index (χ4v) is 3.66. The van der Waals surface area contributed by atoms with E-state index in [9.17, 15) is 0 Å². The summed E-state index contributed by atoms with van der Waals surface area (Å²) in [5.74, 6) is 6.46. The van der Waals surface area contributed by atoms with Crippen molar-refractivity contribution in [3.8, 4) is 0 Å². The maximum Gasteiger partial charge on any atom is 0.0685 e. The molecule has 2 aliphatic rings. The standard InChI is InChI=1S/C14H28N2O/c1-2-3-6-13(16-15)12-7-10-17-14(11-12)8-4-5-9-14/h12-13,16H,2-11,15H2,1H3. The van der Waals surface area contributed by atoms with Crippen LogP contribution in [0.1, 0.15) is 64.7 Å². The van der Waals surface area contributed by atoms with Crippen LogP contribution in [0.2, 0.25) is 0 Å². The van der Waals surface area contributed by atoms with Gasteiger partial charge in [-0.15, -0.1) is 0 Å². The maximum absolute atomic E-state index is 6.09. The number of nitrogens with two attached hydrogens (primary N) is 1. The molecule has 3 nitrogen and oxygen atoms in total. The number of hydrazine groups is 1. The lowest BCUT2D eigenvalue weighted by atomic mass is 9.79. The van der Waals surface area contributed by atoms with Gasteiger partial charge in [0.25, 0.3) is 0 Å². The molecule has 1 aliphatic carbocycles. The van der Waals surface area contributed by atoms with Gasteiger partial charge < -0.3 is 4.74 Å². The molecule has 17 heavy (non-hydrogen) atoms. The largest absolute Gasteiger partial charge is 0.375 e. The fraction of sp³-hybridized carbons (Fsp3) is 1.00. The Bertz CT molecular complexity index is 226. The highest BCUT2D eigenvalue weighted by Crippen LogP contribution is 2.43. The minimum atomic E-state index is 0.226. The number of hydrogen-bond acceptors (Lipinski definition) is 3. The number of nitrogens with one attached hydrogen (secondary N) is 1. The molecular weight excluding hydrogens is 212 g/mol. The zero-order valence-electron chi connectivity index (χ0n) is 11.2. The average molecular weight is 240 g/mol. The first kappa shape index (κ1) is 13.3. The Morgan fingerprint density at radius 2 is 2.18 bits per heavy atom. The van der Waals surface area contributed by atoms with Crippen molar-refractivity contribution in [1.29, 1.82) is 0 Å². The predicted molar refractivity (Wildman–Crippen MR) is 70.5 cm³/mol. The Labute approximate surface area is 105 Å². The topological polar surface area (TPSA) is 47.3 Å². The lowest BCUT2D eigenvalue weighted by molar-refractivity contribution is -0.0983. The predicted octanol–water partition coefficient (Wildman–Crippen LogP) is 2.75. The van der Waals surface area contributed by atoms with Crippen molar-refractivity contribution in [3.63, 3.8) is 0 Å². The second-order valence-corrected chi connectivity index (χ2v) is 5.91. The van der Waals surface area contributed by atoms with Gasteiger partial charge in [0.1, 0.15) is 0 Å². The van der Waals surface area contributed by atoms with Crippen LogP contribution in [0.15, 0.2) is 0 Å². The van der Waals surface area contributed by atoms with Gasteiger partial charge in [-0.25, -0.2) is 0 Å². The van der Waals surface area contributed by atoms with E-state index < -0.39 is 0 Å². The van der Waals surface area contributed by atoms with Gasteiger partial charge in [-0.3, -0.25) is 11.3 Å². The smallest absolute Gasteiger partial charge is 0.0685 e. The molecule has 0 aromatic heterocycles. The van der Waals surface area contributed by atoms with Gasteiger partial charge >= 0.3 is 0 Å². The summed E-state index contributed by atoms with van der Waals surface area (Å²) in [5.41, 5.74) is 3.28. The number of unbranched alkanes of at least 4 members (excludes halogenated alkanes) is 1. The normalized spacial score (nSPS) is 29.6. The van der Waals surface area contributed by atoms with Crippen molar-refractivity contribution >= 4 is 0 Å². The van der Waals surface area contributed by atoms with E-state index in [1.807, 2.05) is 0 Å². The van der Waals surface area contributed by atoms with Gasteiger partial charge in [0.15, 0.2) is 0 Å². The Balaban J connectivity index is 1.90. The van der Waals surface area contributed by atoms with Gasteiger partial charge in [0.2, 0.25) is 0 Å². The molecule has 1 heterocycles. The van der Waals surface area contributed by atoms with Crippen molar-refractivity contribution in [2.75, 3.05) is 6.61 Å². The Kier molecular flexibility index (Phi) is 4.83. The fourth-order valence-electron chi connectivity index (χ4n) is 3.66. The third-order valence-electron chi connectivity index (χ3n) is 4.70. The third-order valence-corrected chi connectivity index (χ3v) is 4.70. The molecule has 1 saturated heterocycles. The van der Waals surface area contributed by atoms with Crippen LogP contribution in [-0.2, 0) is 4.74 Å². The SMILES string of the molecule is CCCCC(NN)C1CCOC2(CCCC2)C1. The van der Waals surface area contributed by atoms with Crippen LogP contribution in [0.3, 0.4) is 0 Å². The summed E-state index contributed by atoms with van der Waals surface area (Å²) in [6.07, 6.45) is 11.4. The molecule has 3 N–H and O–H groups in total. The van der Waals surface area contributed by atoms with E-state index in [0.29, 0.717) is 6.04 Å². The maximum atomic E-state index is 6.09. The number of ether oxygens (including phenoxy) is 1. The van der Waals surface area contributed by atoms with Crippen LogP contribution in [-0.4, -0.2) is 18.2 Å². The molecule has 0 aromatic rings. The van der Waals surface area contributed by atoms with Gasteiger partial charge in [-0.1, -0.05) is 32.6 Å². The van der Waals surface area contributed by atoms with Crippen molar-refractivity contribution in [2.24, 2.45) is 11.8 Å². The van der Waals surface area contributed by atoms with E-state index in [1.54, 1.807) is 0 Å². The summed E-state index contributed by atoms with van der Waals surface area (Å²) in [5, 5.41) is 0. The molecule has 2 rings (SSSR count). The first-order valence-electron chi connectivity index (χ1n) is 7.40. The molecule has 1 spiro atoms. The average Bonchev–Trinajstić information content (AvgIpc) is 2.78. The lowest BCUT2D eigenvalue weighted by Crippen LogP contribution is -2.47. The molecule has 0 aromatic carbocycles. The first-order valence-corrected chi connectivity index (χ1v) is 7.40. The Hall–Kier alpha value is -0.120. The first-order chi connectivity index (χ1) is 8.29. The summed E-state index contributed by atoms with van der Waals surface area (Å²) >= 11 is 0. The van der Waals surface area contributed by atoms with Crippen molar-refractivity contribution in [2.45, 2.75) is 76.4 Å². The second kappa shape index (κ2) is 6.17. The zero-order chi connectivity index (χ0) is 12.1. The zero-order valence-corrected chi connectivity index (χ0v) is 11.2. The summed E-state index contributed by atoms with van der Waals surface area (Å²) in [7, 11) is 0. The van der Waals surface area contributed by atoms with Crippen molar-refractivity contribution in [3.05, 3.63) is 0 Å². The molecule has 1 aliphatic heterocycles. The second-order valence-electron chi connectivity index (χ2n) is 5.91.